The molecule has 1 fully saturated rings. The summed E-state index contributed by atoms with van der Waals surface area (Å²) in [5.74, 6) is -1.27. The molecule has 40 heavy (non-hydrogen) atoms. The number of hydrogen-bond acceptors (Lipinski definition) is 4. The number of sulfonamides is 1. The van der Waals surface area contributed by atoms with Gasteiger partial charge in [0.2, 0.25) is 21.8 Å². The molecule has 1 saturated carbocycles. The smallest absolute Gasteiger partial charge is 0.352 e. The lowest BCUT2D eigenvalue weighted by molar-refractivity contribution is -0.139. The predicted octanol–water partition coefficient (Wildman–Crippen LogP) is 6.30. The Kier molecular flexibility index (Phi) is 10.6. The molecule has 0 radical (unpaired) electrons. The van der Waals surface area contributed by atoms with Gasteiger partial charge in [-0.3, -0.25) is 13.9 Å². The second kappa shape index (κ2) is 13.2. The van der Waals surface area contributed by atoms with Gasteiger partial charge in [0, 0.05) is 22.6 Å². The third-order valence-electron chi connectivity index (χ3n) is 6.70. The first-order valence-corrected chi connectivity index (χ1v) is 15.4. The van der Waals surface area contributed by atoms with E-state index in [0.717, 1.165) is 55.4 Å². The van der Waals surface area contributed by atoms with Crippen molar-refractivity contribution in [1.82, 2.24) is 10.2 Å². The van der Waals surface area contributed by atoms with Crippen molar-refractivity contribution < 1.29 is 31.2 Å². The van der Waals surface area contributed by atoms with Crippen LogP contribution in [-0.4, -0.2) is 50.0 Å². The topological polar surface area (TPSA) is 86.8 Å². The Labute approximate surface area is 246 Å². The Morgan fingerprint density at radius 1 is 1.02 bits per heavy atom. The molecular formula is C26H29Cl3F3N3O4S. The van der Waals surface area contributed by atoms with E-state index in [1.165, 1.54) is 13.0 Å². The van der Waals surface area contributed by atoms with E-state index < -0.39 is 56.9 Å². The van der Waals surface area contributed by atoms with Crippen LogP contribution in [0.2, 0.25) is 15.1 Å². The van der Waals surface area contributed by atoms with Gasteiger partial charge in [0.05, 0.1) is 22.5 Å². The highest BCUT2D eigenvalue weighted by Crippen LogP contribution is 2.37. The first kappa shape index (κ1) is 32.3. The summed E-state index contributed by atoms with van der Waals surface area (Å²) in [6.45, 7) is 0.443. The van der Waals surface area contributed by atoms with Crippen LogP contribution in [0.25, 0.3) is 0 Å². The molecule has 14 heteroatoms. The summed E-state index contributed by atoms with van der Waals surface area (Å²) in [5, 5.41) is 2.90. The molecule has 1 atom stereocenters. The number of halogens is 6. The number of alkyl halides is 3. The van der Waals surface area contributed by atoms with Gasteiger partial charge in [0.1, 0.15) is 12.6 Å². The lowest BCUT2D eigenvalue weighted by Crippen LogP contribution is -2.53. The monoisotopic (exact) mass is 641 g/mol. The highest BCUT2D eigenvalue weighted by Gasteiger charge is 2.36. The lowest BCUT2D eigenvalue weighted by Gasteiger charge is -2.33. The molecule has 0 spiro atoms. The average molecular weight is 643 g/mol. The molecule has 1 aliphatic rings. The molecule has 0 aliphatic heterocycles. The van der Waals surface area contributed by atoms with Gasteiger partial charge in [-0.1, -0.05) is 60.1 Å². The quantitative estimate of drug-likeness (QED) is 0.348. The van der Waals surface area contributed by atoms with Crippen LogP contribution in [0.4, 0.5) is 18.9 Å². The van der Waals surface area contributed by atoms with Crippen LogP contribution in [0.15, 0.2) is 36.4 Å². The number of benzene rings is 2. The molecule has 0 bridgehead atoms. The van der Waals surface area contributed by atoms with E-state index in [-0.39, 0.29) is 17.6 Å². The number of hydrogen-bond donors (Lipinski definition) is 1. The van der Waals surface area contributed by atoms with E-state index in [1.54, 1.807) is 12.1 Å². The molecule has 3 rings (SSSR count). The van der Waals surface area contributed by atoms with E-state index >= 15 is 0 Å². The van der Waals surface area contributed by atoms with Crippen molar-refractivity contribution in [3.05, 3.63) is 62.6 Å². The number of nitrogens with zero attached hydrogens (tertiary/aromatic N) is 2. The zero-order valence-electron chi connectivity index (χ0n) is 21.8. The van der Waals surface area contributed by atoms with Crippen LogP contribution < -0.4 is 9.62 Å². The Bertz CT molecular complexity index is 1350. The maximum atomic E-state index is 13.7. The number of anilines is 1. The molecule has 2 amide bonds. The first-order valence-electron chi connectivity index (χ1n) is 12.5. The molecule has 2 aromatic carbocycles. The van der Waals surface area contributed by atoms with Crippen LogP contribution in [0.1, 0.15) is 50.2 Å². The Morgan fingerprint density at radius 3 is 2.25 bits per heavy atom. The zero-order valence-corrected chi connectivity index (χ0v) is 24.9. The minimum atomic E-state index is -4.86. The van der Waals surface area contributed by atoms with Crippen molar-refractivity contribution >= 4 is 62.3 Å². The molecule has 7 nitrogen and oxygen atoms in total. The van der Waals surface area contributed by atoms with Gasteiger partial charge < -0.3 is 10.2 Å². The average Bonchev–Trinajstić information content (AvgIpc) is 2.86. The van der Waals surface area contributed by atoms with E-state index in [4.69, 9.17) is 34.8 Å². The van der Waals surface area contributed by atoms with Crippen molar-refractivity contribution in [2.24, 2.45) is 0 Å². The molecule has 220 valence electrons. The Morgan fingerprint density at radius 2 is 1.68 bits per heavy atom. The predicted molar refractivity (Wildman–Crippen MR) is 150 cm³/mol. The van der Waals surface area contributed by atoms with Crippen molar-refractivity contribution in [2.75, 3.05) is 17.1 Å². The van der Waals surface area contributed by atoms with Gasteiger partial charge in [0.15, 0.2) is 0 Å². The highest BCUT2D eigenvalue weighted by atomic mass is 35.5. The van der Waals surface area contributed by atoms with Crippen molar-refractivity contribution in [3.8, 4) is 0 Å². The van der Waals surface area contributed by atoms with Gasteiger partial charge in [-0.15, -0.1) is 0 Å². The molecule has 0 aromatic heterocycles. The number of carbonyl (C=O) groups is 2. The van der Waals surface area contributed by atoms with Gasteiger partial charge in [-0.05, 0) is 55.7 Å². The lowest BCUT2D eigenvalue weighted by atomic mass is 9.95. The molecule has 2 aromatic rings. The van der Waals surface area contributed by atoms with Crippen LogP contribution in [0, 0.1) is 0 Å². The van der Waals surface area contributed by atoms with Gasteiger partial charge >= 0.3 is 6.18 Å². The summed E-state index contributed by atoms with van der Waals surface area (Å²) in [5.41, 5.74) is -1.22. The van der Waals surface area contributed by atoms with Crippen LogP contribution in [0.3, 0.4) is 0 Å². The van der Waals surface area contributed by atoms with Crippen molar-refractivity contribution in [2.45, 2.75) is 63.8 Å². The normalized spacial score (nSPS) is 15.4. The molecule has 0 saturated heterocycles. The second-order valence-electron chi connectivity index (χ2n) is 9.71. The third-order valence-corrected chi connectivity index (χ3v) is 8.75. The van der Waals surface area contributed by atoms with E-state index in [0.29, 0.717) is 21.0 Å². The Hall–Kier alpha value is -2.21. The summed E-state index contributed by atoms with van der Waals surface area (Å²) in [7, 11) is -4.25. The van der Waals surface area contributed by atoms with Gasteiger partial charge in [-0.2, -0.15) is 13.2 Å². The molecule has 0 unspecified atom stereocenters. The standard InChI is InChI=1S/C26H29Cl3F3N3O4S/c1-16(25(37)33-19-6-4-3-5-7-19)34(14-17-8-9-18(27)12-23(17)29)24(36)15-35(40(2,38)39)20-10-11-22(28)21(13-20)26(30,31)32/h8-13,16,19H,3-7,14-15H2,1-2H3,(H,33,37)/t16-/m0/s1. The maximum Gasteiger partial charge on any atom is 0.417 e. The fraction of sp³-hybridized carbons (Fsp3) is 0.462. The fourth-order valence-corrected chi connectivity index (χ4v) is 6.02. The van der Waals surface area contributed by atoms with Crippen molar-refractivity contribution in [3.63, 3.8) is 0 Å². The van der Waals surface area contributed by atoms with Gasteiger partial charge in [0.25, 0.3) is 0 Å². The summed E-state index contributed by atoms with van der Waals surface area (Å²) < 4.78 is 66.3. The largest absolute Gasteiger partial charge is 0.417 e. The third kappa shape index (κ3) is 8.41. The first-order chi connectivity index (χ1) is 18.6. The molecule has 0 heterocycles. The number of carbonyl (C=O) groups excluding carboxylic acids is 2. The number of rotatable bonds is 9. The van der Waals surface area contributed by atoms with Crippen LogP contribution in [0.5, 0.6) is 0 Å². The SMILES string of the molecule is C[C@@H](C(=O)NC1CCCCC1)N(Cc1ccc(Cl)cc1Cl)C(=O)CN(c1ccc(Cl)c(C(F)(F)F)c1)S(C)(=O)=O. The molecule has 1 aliphatic carbocycles. The zero-order chi connectivity index (χ0) is 29.8. The van der Waals surface area contributed by atoms with E-state index in [1.807, 2.05) is 0 Å². The second-order valence-corrected chi connectivity index (χ2v) is 12.9. The van der Waals surface area contributed by atoms with E-state index in [9.17, 15) is 31.2 Å². The summed E-state index contributed by atoms with van der Waals surface area (Å²) >= 11 is 18.0. The molecular weight excluding hydrogens is 614 g/mol. The summed E-state index contributed by atoms with van der Waals surface area (Å²) in [4.78, 5) is 28.0. The van der Waals surface area contributed by atoms with Crippen molar-refractivity contribution in [1.29, 1.82) is 0 Å². The van der Waals surface area contributed by atoms with E-state index in [2.05, 4.69) is 5.32 Å². The number of nitrogens with one attached hydrogen (secondary N) is 1. The highest BCUT2D eigenvalue weighted by molar-refractivity contribution is 7.92. The summed E-state index contributed by atoms with van der Waals surface area (Å²) in [6.07, 6.45) is 0.513. The maximum absolute atomic E-state index is 13.7. The summed E-state index contributed by atoms with van der Waals surface area (Å²) in [6, 6.07) is 6.02. The fourth-order valence-electron chi connectivity index (χ4n) is 4.48. The Balaban J connectivity index is 1.96. The molecule has 1 N–H and O–H groups in total. The minimum absolute atomic E-state index is 0.0536. The minimum Gasteiger partial charge on any atom is -0.352 e. The van der Waals surface area contributed by atoms with Crippen LogP contribution >= 0.6 is 34.8 Å². The van der Waals surface area contributed by atoms with Gasteiger partial charge in [-0.25, -0.2) is 8.42 Å². The van der Waals surface area contributed by atoms with Crippen LogP contribution in [-0.2, 0) is 32.3 Å². The number of amides is 2.